The van der Waals surface area contributed by atoms with Crippen molar-refractivity contribution in [3.63, 3.8) is 0 Å². The van der Waals surface area contributed by atoms with Crippen molar-refractivity contribution in [3.8, 4) is 5.75 Å². The molecule has 1 N–H and O–H groups in total. The summed E-state index contributed by atoms with van der Waals surface area (Å²) >= 11 is 0. The van der Waals surface area contributed by atoms with Crippen LogP contribution in [0.15, 0.2) is 69.3 Å². The van der Waals surface area contributed by atoms with Gasteiger partial charge in [-0.3, -0.25) is 13.9 Å². The second-order valence-electron chi connectivity index (χ2n) is 7.03. The van der Waals surface area contributed by atoms with E-state index in [4.69, 9.17) is 4.74 Å². The Kier molecular flexibility index (Phi) is 5.40. The first-order valence-corrected chi connectivity index (χ1v) is 9.63. The van der Waals surface area contributed by atoms with Gasteiger partial charge in [-0.1, -0.05) is 30.3 Å². The maximum atomic E-state index is 13.1. The Balaban J connectivity index is 1.68. The van der Waals surface area contributed by atoms with Crippen LogP contribution in [0.25, 0.3) is 11.2 Å². The molecule has 158 valence electrons. The van der Waals surface area contributed by atoms with Crippen LogP contribution in [0.3, 0.4) is 0 Å². The molecule has 2 heterocycles. The molecule has 9 heteroatoms. The summed E-state index contributed by atoms with van der Waals surface area (Å²) in [4.78, 5) is 30.3. The third-order valence-electron chi connectivity index (χ3n) is 5.04. The summed E-state index contributed by atoms with van der Waals surface area (Å²) in [5.74, 6) is 1.11. The number of imidazole rings is 1. The number of benzene rings is 2. The number of anilines is 1. The highest BCUT2D eigenvalue weighted by Crippen LogP contribution is 2.14. The fraction of sp³-hybridized carbons (Fsp3) is 0.182. The molecular weight excluding hydrogens is 396 g/mol. The topological polar surface area (TPSA) is 95.4 Å². The number of nitrogens with zero attached hydrogens (tertiary/aromatic N) is 5. The van der Waals surface area contributed by atoms with Gasteiger partial charge in [0, 0.05) is 14.1 Å². The van der Waals surface area contributed by atoms with Crippen LogP contribution in [-0.4, -0.2) is 32.0 Å². The summed E-state index contributed by atoms with van der Waals surface area (Å²) in [7, 11) is 4.92. The van der Waals surface area contributed by atoms with Crippen molar-refractivity contribution in [2.45, 2.75) is 6.54 Å². The summed E-state index contributed by atoms with van der Waals surface area (Å²) in [6, 6.07) is 16.8. The molecule has 0 aliphatic heterocycles. The SMILES string of the molecule is COc1ccc(C=NNc2nc3c(c(=O)n(Cc4ccccc4)c(=O)n3C)n2C)cc1. The van der Waals surface area contributed by atoms with Gasteiger partial charge in [-0.15, -0.1) is 0 Å². The van der Waals surface area contributed by atoms with E-state index in [2.05, 4.69) is 15.5 Å². The average Bonchev–Trinajstić information content (AvgIpc) is 3.13. The lowest BCUT2D eigenvalue weighted by atomic mass is 10.2. The van der Waals surface area contributed by atoms with E-state index in [9.17, 15) is 9.59 Å². The van der Waals surface area contributed by atoms with Gasteiger partial charge in [0.1, 0.15) is 5.75 Å². The summed E-state index contributed by atoms with van der Waals surface area (Å²) in [5, 5.41) is 4.20. The molecule has 4 aromatic rings. The number of hydrazone groups is 1. The predicted molar refractivity (Wildman–Crippen MR) is 120 cm³/mol. The highest BCUT2D eigenvalue weighted by Gasteiger charge is 2.18. The standard InChI is InChI=1S/C22H22N6O3/c1-26-18-19(24-21(26)25-23-13-15-9-11-17(31-3)12-10-15)27(2)22(30)28(20(18)29)14-16-7-5-4-6-8-16/h4-13H,14H2,1-3H3,(H,24,25). The van der Waals surface area contributed by atoms with Crippen LogP contribution in [0.2, 0.25) is 0 Å². The van der Waals surface area contributed by atoms with Gasteiger partial charge in [0.05, 0.1) is 19.9 Å². The zero-order valence-corrected chi connectivity index (χ0v) is 17.4. The Morgan fingerprint density at radius 2 is 1.74 bits per heavy atom. The summed E-state index contributed by atoms with van der Waals surface area (Å²) in [6.07, 6.45) is 1.63. The molecule has 0 spiro atoms. The minimum Gasteiger partial charge on any atom is -0.497 e. The lowest BCUT2D eigenvalue weighted by Crippen LogP contribution is -2.39. The highest BCUT2D eigenvalue weighted by atomic mass is 16.5. The predicted octanol–water partition coefficient (Wildman–Crippen LogP) is 1.94. The molecule has 0 radical (unpaired) electrons. The molecule has 2 aromatic heterocycles. The largest absolute Gasteiger partial charge is 0.497 e. The van der Waals surface area contributed by atoms with Crippen LogP contribution >= 0.6 is 0 Å². The van der Waals surface area contributed by atoms with E-state index in [-0.39, 0.29) is 6.54 Å². The van der Waals surface area contributed by atoms with Gasteiger partial charge in [-0.2, -0.15) is 10.1 Å². The number of nitrogens with one attached hydrogen (secondary N) is 1. The fourth-order valence-corrected chi connectivity index (χ4v) is 3.30. The zero-order chi connectivity index (χ0) is 22.0. The number of aromatic nitrogens is 4. The molecule has 4 rings (SSSR count). The van der Waals surface area contributed by atoms with Crippen LogP contribution in [-0.2, 0) is 20.6 Å². The Bertz CT molecular complexity index is 1370. The molecule has 31 heavy (non-hydrogen) atoms. The van der Waals surface area contributed by atoms with Crippen molar-refractivity contribution in [2.75, 3.05) is 12.5 Å². The van der Waals surface area contributed by atoms with E-state index >= 15 is 0 Å². The number of ether oxygens (including phenoxy) is 1. The van der Waals surface area contributed by atoms with Crippen LogP contribution in [0, 0.1) is 0 Å². The molecule has 0 saturated heterocycles. The number of aryl methyl sites for hydroxylation is 2. The molecule has 0 aliphatic rings. The van der Waals surface area contributed by atoms with Crippen molar-refractivity contribution in [3.05, 3.63) is 86.6 Å². The second kappa shape index (κ2) is 8.31. The molecule has 0 bridgehead atoms. The van der Waals surface area contributed by atoms with Crippen LogP contribution < -0.4 is 21.4 Å². The van der Waals surface area contributed by atoms with Crippen LogP contribution in [0.5, 0.6) is 5.75 Å². The Labute approximate surface area is 177 Å². The quantitative estimate of drug-likeness (QED) is 0.381. The van der Waals surface area contributed by atoms with Crippen molar-refractivity contribution >= 4 is 23.3 Å². The fourth-order valence-electron chi connectivity index (χ4n) is 3.30. The van der Waals surface area contributed by atoms with E-state index in [0.29, 0.717) is 17.1 Å². The summed E-state index contributed by atoms with van der Waals surface area (Å²) < 4.78 is 9.32. The monoisotopic (exact) mass is 418 g/mol. The Morgan fingerprint density at radius 1 is 1.03 bits per heavy atom. The number of hydrogen-bond acceptors (Lipinski definition) is 6. The van der Waals surface area contributed by atoms with Crippen LogP contribution in [0.1, 0.15) is 11.1 Å². The molecule has 0 fully saturated rings. The lowest BCUT2D eigenvalue weighted by molar-refractivity contribution is 0.415. The van der Waals surface area contributed by atoms with Gasteiger partial charge in [-0.25, -0.2) is 10.2 Å². The van der Waals surface area contributed by atoms with Crippen molar-refractivity contribution < 1.29 is 4.74 Å². The number of methoxy groups -OCH3 is 1. The summed E-state index contributed by atoms with van der Waals surface area (Å²) in [5.41, 5.74) is 4.37. The number of rotatable bonds is 6. The first-order valence-electron chi connectivity index (χ1n) is 9.63. The van der Waals surface area contributed by atoms with Gasteiger partial charge >= 0.3 is 5.69 Å². The van der Waals surface area contributed by atoms with E-state index in [1.54, 1.807) is 32.0 Å². The first kappa shape index (κ1) is 20.1. The Hall–Kier alpha value is -4.14. The average molecular weight is 418 g/mol. The van der Waals surface area contributed by atoms with E-state index < -0.39 is 11.2 Å². The second-order valence-corrected chi connectivity index (χ2v) is 7.03. The first-order chi connectivity index (χ1) is 15.0. The molecule has 0 unspecified atom stereocenters. The Morgan fingerprint density at radius 3 is 2.42 bits per heavy atom. The normalized spacial score (nSPS) is 11.3. The van der Waals surface area contributed by atoms with Crippen molar-refractivity contribution in [1.29, 1.82) is 0 Å². The minimum atomic E-state index is -0.423. The molecule has 9 nitrogen and oxygen atoms in total. The van der Waals surface area contributed by atoms with Gasteiger partial charge < -0.3 is 9.30 Å². The molecule has 0 aliphatic carbocycles. The van der Waals surface area contributed by atoms with E-state index in [1.165, 1.54) is 9.13 Å². The van der Waals surface area contributed by atoms with Gasteiger partial charge in [0.15, 0.2) is 11.2 Å². The van der Waals surface area contributed by atoms with Gasteiger partial charge in [0.25, 0.3) is 5.56 Å². The highest BCUT2D eigenvalue weighted by molar-refractivity contribution is 5.80. The van der Waals surface area contributed by atoms with E-state index in [0.717, 1.165) is 16.9 Å². The minimum absolute atomic E-state index is 0.186. The zero-order valence-electron chi connectivity index (χ0n) is 17.4. The summed E-state index contributed by atoms with van der Waals surface area (Å²) in [6.45, 7) is 0.186. The maximum absolute atomic E-state index is 13.1. The van der Waals surface area contributed by atoms with Crippen molar-refractivity contribution in [2.24, 2.45) is 19.2 Å². The molecule has 0 amide bonds. The smallest absolute Gasteiger partial charge is 0.332 e. The van der Waals surface area contributed by atoms with E-state index in [1.807, 2.05) is 54.6 Å². The molecule has 2 aromatic carbocycles. The number of hydrogen-bond donors (Lipinski definition) is 1. The lowest BCUT2D eigenvalue weighted by Gasteiger charge is -2.08. The van der Waals surface area contributed by atoms with Gasteiger partial charge in [-0.05, 0) is 35.4 Å². The third kappa shape index (κ3) is 3.85. The molecule has 0 saturated carbocycles. The van der Waals surface area contributed by atoms with Crippen molar-refractivity contribution in [1.82, 2.24) is 18.7 Å². The third-order valence-corrected chi connectivity index (χ3v) is 5.04. The molecule has 0 atom stereocenters. The van der Waals surface area contributed by atoms with Gasteiger partial charge in [0.2, 0.25) is 5.95 Å². The molecular formula is C22H22N6O3. The number of fused-ring (bicyclic) bond motifs is 1. The van der Waals surface area contributed by atoms with Crippen LogP contribution in [0.4, 0.5) is 5.95 Å². The maximum Gasteiger partial charge on any atom is 0.332 e.